The maximum absolute atomic E-state index is 6.09. The Morgan fingerprint density at radius 1 is 1.25 bits per heavy atom. The minimum absolute atomic E-state index is 0.150. The van der Waals surface area contributed by atoms with Crippen LogP contribution in [0.4, 0.5) is 0 Å². The van der Waals surface area contributed by atoms with Crippen molar-refractivity contribution < 1.29 is 14.2 Å². The van der Waals surface area contributed by atoms with Gasteiger partial charge in [-0.1, -0.05) is 0 Å². The smallest absolute Gasteiger partial charge is 0.124 e. The molecule has 1 aliphatic heterocycles. The van der Waals surface area contributed by atoms with Crippen LogP contribution in [0.2, 0.25) is 0 Å². The lowest BCUT2D eigenvalue weighted by molar-refractivity contribution is 0.130. The molecule has 4 heteroatoms. The van der Waals surface area contributed by atoms with Gasteiger partial charge < -0.3 is 19.9 Å². The Labute approximate surface area is 95.3 Å². The highest BCUT2D eigenvalue weighted by Gasteiger charge is 2.22. The zero-order valence-corrected chi connectivity index (χ0v) is 9.66. The van der Waals surface area contributed by atoms with Gasteiger partial charge in [0, 0.05) is 11.1 Å². The molecule has 1 aliphatic rings. The highest BCUT2D eigenvalue weighted by molar-refractivity contribution is 5.51. The van der Waals surface area contributed by atoms with Gasteiger partial charge in [-0.2, -0.15) is 0 Å². The second-order valence-electron chi connectivity index (χ2n) is 3.79. The molecule has 0 saturated heterocycles. The lowest BCUT2D eigenvalue weighted by Crippen LogP contribution is -2.17. The Balaban J connectivity index is 2.56. The minimum Gasteiger partial charge on any atom is -0.496 e. The topological polar surface area (TPSA) is 53.7 Å². The van der Waals surface area contributed by atoms with E-state index in [1.165, 1.54) is 0 Å². The number of nitrogens with two attached hydrogens (primary N) is 1. The quantitative estimate of drug-likeness (QED) is 0.820. The number of rotatable bonds is 2. The fourth-order valence-corrected chi connectivity index (χ4v) is 2.12. The fourth-order valence-electron chi connectivity index (χ4n) is 2.12. The normalized spacial score (nSPS) is 19.8. The lowest BCUT2D eigenvalue weighted by Gasteiger charge is -2.18. The summed E-state index contributed by atoms with van der Waals surface area (Å²) in [6.07, 6.45) is 0.809. The molecule has 1 aromatic carbocycles. The fraction of sp³-hybridized carbons (Fsp3) is 0.500. The van der Waals surface area contributed by atoms with Crippen LogP contribution in [0.3, 0.4) is 0 Å². The molecule has 1 atom stereocenters. The summed E-state index contributed by atoms with van der Waals surface area (Å²) >= 11 is 0. The molecule has 16 heavy (non-hydrogen) atoms. The first-order valence-corrected chi connectivity index (χ1v) is 5.35. The van der Waals surface area contributed by atoms with Gasteiger partial charge in [-0.3, -0.25) is 0 Å². The van der Waals surface area contributed by atoms with Crippen molar-refractivity contribution in [1.82, 2.24) is 0 Å². The molecule has 0 aliphatic carbocycles. The van der Waals surface area contributed by atoms with Crippen molar-refractivity contribution in [2.24, 2.45) is 5.73 Å². The summed E-state index contributed by atoms with van der Waals surface area (Å²) in [4.78, 5) is 0. The van der Waals surface area contributed by atoms with E-state index in [0.717, 1.165) is 29.0 Å². The number of hydrogen-bond donors (Lipinski definition) is 1. The average Bonchev–Trinajstić information content (AvgIpc) is 2.51. The molecule has 1 heterocycles. The van der Waals surface area contributed by atoms with E-state index in [-0.39, 0.29) is 6.04 Å². The van der Waals surface area contributed by atoms with E-state index in [2.05, 4.69) is 0 Å². The van der Waals surface area contributed by atoms with Crippen molar-refractivity contribution in [3.63, 3.8) is 0 Å². The summed E-state index contributed by atoms with van der Waals surface area (Å²) in [5.74, 6) is 1.67. The minimum atomic E-state index is -0.150. The van der Waals surface area contributed by atoms with E-state index in [0.29, 0.717) is 13.2 Å². The standard InChI is InChI=1S/C12H17NO3/c1-14-10-3-4-11(15-2)12-8(10)5-6-16-7-9(12)13/h3-4,9H,5-7,13H2,1-2H3. The molecular weight excluding hydrogens is 206 g/mol. The molecule has 4 nitrogen and oxygen atoms in total. The summed E-state index contributed by atoms with van der Waals surface area (Å²) in [7, 11) is 3.32. The van der Waals surface area contributed by atoms with Gasteiger partial charge in [-0.15, -0.1) is 0 Å². The zero-order valence-electron chi connectivity index (χ0n) is 9.66. The van der Waals surface area contributed by atoms with Gasteiger partial charge >= 0.3 is 0 Å². The third-order valence-electron chi connectivity index (χ3n) is 2.88. The van der Waals surface area contributed by atoms with Gasteiger partial charge in [-0.25, -0.2) is 0 Å². The predicted molar refractivity (Wildman–Crippen MR) is 61.0 cm³/mol. The lowest BCUT2D eigenvalue weighted by atomic mass is 9.98. The first-order valence-electron chi connectivity index (χ1n) is 5.35. The van der Waals surface area contributed by atoms with Crippen LogP contribution >= 0.6 is 0 Å². The maximum Gasteiger partial charge on any atom is 0.124 e. The first kappa shape index (κ1) is 11.2. The summed E-state index contributed by atoms with van der Waals surface area (Å²) in [5, 5.41) is 0. The van der Waals surface area contributed by atoms with Crippen molar-refractivity contribution in [2.75, 3.05) is 27.4 Å². The van der Waals surface area contributed by atoms with Gasteiger partial charge in [0.05, 0.1) is 33.5 Å². The number of methoxy groups -OCH3 is 2. The highest BCUT2D eigenvalue weighted by Crippen LogP contribution is 2.36. The molecule has 0 saturated carbocycles. The van der Waals surface area contributed by atoms with E-state index < -0.39 is 0 Å². The first-order chi connectivity index (χ1) is 7.77. The molecule has 0 bridgehead atoms. The van der Waals surface area contributed by atoms with Crippen molar-refractivity contribution in [2.45, 2.75) is 12.5 Å². The Hall–Kier alpha value is -1.26. The summed E-state index contributed by atoms with van der Waals surface area (Å²) < 4.78 is 16.1. The molecule has 0 spiro atoms. The Kier molecular flexibility index (Phi) is 3.31. The second kappa shape index (κ2) is 4.72. The van der Waals surface area contributed by atoms with E-state index in [9.17, 15) is 0 Å². The van der Waals surface area contributed by atoms with E-state index in [1.54, 1.807) is 14.2 Å². The second-order valence-corrected chi connectivity index (χ2v) is 3.79. The molecule has 0 amide bonds. The largest absolute Gasteiger partial charge is 0.496 e. The average molecular weight is 223 g/mol. The number of benzene rings is 1. The van der Waals surface area contributed by atoms with E-state index in [1.807, 2.05) is 12.1 Å². The third-order valence-corrected chi connectivity index (χ3v) is 2.88. The van der Waals surface area contributed by atoms with Gasteiger partial charge in [0.15, 0.2) is 0 Å². The molecule has 0 aromatic heterocycles. The van der Waals surface area contributed by atoms with Crippen LogP contribution in [-0.2, 0) is 11.2 Å². The molecule has 1 unspecified atom stereocenters. The van der Waals surface area contributed by atoms with Crippen LogP contribution < -0.4 is 15.2 Å². The van der Waals surface area contributed by atoms with Crippen molar-refractivity contribution in [3.8, 4) is 11.5 Å². The summed E-state index contributed by atoms with van der Waals surface area (Å²) in [6.45, 7) is 1.20. The number of hydrogen-bond acceptors (Lipinski definition) is 4. The van der Waals surface area contributed by atoms with Gasteiger partial charge in [0.2, 0.25) is 0 Å². The van der Waals surface area contributed by atoms with Crippen molar-refractivity contribution in [3.05, 3.63) is 23.3 Å². The third kappa shape index (κ3) is 1.86. The van der Waals surface area contributed by atoms with Gasteiger partial charge in [-0.05, 0) is 18.6 Å². The highest BCUT2D eigenvalue weighted by atomic mass is 16.5. The molecule has 0 fully saturated rings. The van der Waals surface area contributed by atoms with E-state index >= 15 is 0 Å². The Morgan fingerprint density at radius 3 is 2.62 bits per heavy atom. The monoisotopic (exact) mass is 223 g/mol. The maximum atomic E-state index is 6.09. The van der Waals surface area contributed by atoms with Gasteiger partial charge in [0.1, 0.15) is 11.5 Å². The van der Waals surface area contributed by atoms with Crippen LogP contribution in [0.1, 0.15) is 17.2 Å². The molecular formula is C12H17NO3. The molecule has 2 N–H and O–H groups in total. The number of fused-ring (bicyclic) bond motifs is 1. The molecule has 0 radical (unpaired) electrons. The van der Waals surface area contributed by atoms with Crippen LogP contribution in [0.15, 0.2) is 12.1 Å². The Morgan fingerprint density at radius 2 is 1.94 bits per heavy atom. The zero-order chi connectivity index (χ0) is 11.5. The van der Waals surface area contributed by atoms with Crippen molar-refractivity contribution >= 4 is 0 Å². The van der Waals surface area contributed by atoms with Crippen LogP contribution in [-0.4, -0.2) is 27.4 Å². The van der Waals surface area contributed by atoms with Crippen molar-refractivity contribution in [1.29, 1.82) is 0 Å². The molecule has 88 valence electrons. The van der Waals surface area contributed by atoms with Crippen LogP contribution in [0.25, 0.3) is 0 Å². The summed E-state index contributed by atoms with van der Waals surface area (Å²) in [6, 6.07) is 3.65. The Bertz CT molecular complexity index is 379. The van der Waals surface area contributed by atoms with Gasteiger partial charge in [0.25, 0.3) is 0 Å². The number of ether oxygens (including phenoxy) is 3. The van der Waals surface area contributed by atoms with Crippen LogP contribution in [0, 0.1) is 0 Å². The van der Waals surface area contributed by atoms with Crippen LogP contribution in [0.5, 0.6) is 11.5 Å². The molecule has 1 aromatic rings. The molecule has 2 rings (SSSR count). The van der Waals surface area contributed by atoms with E-state index in [4.69, 9.17) is 19.9 Å². The SMILES string of the molecule is COc1ccc(OC)c2c1CCOCC2N. The predicted octanol–water partition coefficient (Wildman–Crippen LogP) is 1.28. The summed E-state index contributed by atoms with van der Waals surface area (Å²) in [5.41, 5.74) is 8.20.